The first-order chi connectivity index (χ1) is 6.63. The van der Waals surface area contributed by atoms with Crippen molar-refractivity contribution in [3.8, 4) is 5.75 Å². The molecule has 1 atom stereocenters. The van der Waals surface area contributed by atoms with Crippen molar-refractivity contribution >= 4 is 15.9 Å². The molecular formula is C11H15BrO2. The van der Waals surface area contributed by atoms with Gasteiger partial charge < -0.3 is 9.47 Å². The Hall–Kier alpha value is -0.540. The smallest absolute Gasteiger partial charge is 0.123 e. The van der Waals surface area contributed by atoms with Crippen LogP contribution < -0.4 is 4.74 Å². The van der Waals surface area contributed by atoms with Crippen LogP contribution in [0.5, 0.6) is 5.75 Å². The molecule has 0 bridgehead atoms. The molecule has 0 fully saturated rings. The maximum atomic E-state index is 5.71. The number of hydrogen-bond acceptors (Lipinski definition) is 2. The van der Waals surface area contributed by atoms with Gasteiger partial charge in [-0.1, -0.05) is 22.0 Å². The van der Waals surface area contributed by atoms with Gasteiger partial charge in [-0.3, -0.25) is 0 Å². The minimum atomic E-state index is 0.0769. The number of rotatable bonds is 4. The van der Waals surface area contributed by atoms with E-state index in [-0.39, 0.29) is 6.10 Å². The molecular weight excluding hydrogens is 244 g/mol. The number of ether oxygens (including phenoxy) is 2. The van der Waals surface area contributed by atoms with E-state index in [2.05, 4.69) is 15.9 Å². The molecule has 2 nitrogen and oxygen atoms in total. The highest BCUT2D eigenvalue weighted by atomic mass is 79.9. The van der Waals surface area contributed by atoms with Crippen LogP contribution in [0.3, 0.4) is 0 Å². The van der Waals surface area contributed by atoms with E-state index >= 15 is 0 Å². The minimum Gasteiger partial charge on any atom is -0.488 e. The molecule has 0 aliphatic carbocycles. The lowest BCUT2D eigenvalue weighted by molar-refractivity contribution is 0.0916. The fraction of sp³-hybridized carbons (Fsp3) is 0.455. The molecule has 1 aromatic rings. The summed E-state index contributed by atoms with van der Waals surface area (Å²) >= 11 is 3.41. The number of halogens is 1. The van der Waals surface area contributed by atoms with Gasteiger partial charge in [0.05, 0.1) is 6.61 Å². The molecule has 14 heavy (non-hydrogen) atoms. The highest BCUT2D eigenvalue weighted by Gasteiger charge is 2.06. The molecule has 0 aliphatic heterocycles. The molecule has 0 saturated carbocycles. The van der Waals surface area contributed by atoms with Crippen molar-refractivity contribution in [3.63, 3.8) is 0 Å². The van der Waals surface area contributed by atoms with Gasteiger partial charge in [-0.2, -0.15) is 0 Å². The van der Waals surface area contributed by atoms with Crippen LogP contribution in [0.1, 0.15) is 12.5 Å². The molecule has 0 N–H and O–H groups in total. The van der Waals surface area contributed by atoms with Crippen molar-refractivity contribution in [1.29, 1.82) is 0 Å². The zero-order valence-electron chi connectivity index (χ0n) is 8.71. The van der Waals surface area contributed by atoms with Gasteiger partial charge in [0, 0.05) is 11.6 Å². The first-order valence-electron chi connectivity index (χ1n) is 4.55. The molecule has 1 rings (SSSR count). The van der Waals surface area contributed by atoms with Crippen molar-refractivity contribution in [2.75, 3.05) is 13.7 Å². The normalized spacial score (nSPS) is 12.6. The Kier molecular flexibility index (Phi) is 4.42. The molecule has 0 saturated heterocycles. The van der Waals surface area contributed by atoms with Crippen molar-refractivity contribution in [1.82, 2.24) is 0 Å². The summed E-state index contributed by atoms with van der Waals surface area (Å²) in [5.74, 6) is 0.906. The summed E-state index contributed by atoms with van der Waals surface area (Å²) in [6.45, 7) is 4.62. The van der Waals surface area contributed by atoms with Gasteiger partial charge in [0.2, 0.25) is 0 Å². The van der Waals surface area contributed by atoms with Gasteiger partial charge in [0.25, 0.3) is 0 Å². The van der Waals surface area contributed by atoms with Crippen LogP contribution in [0.15, 0.2) is 22.7 Å². The Morgan fingerprint density at radius 2 is 2.14 bits per heavy atom. The fourth-order valence-corrected chi connectivity index (χ4v) is 1.53. The van der Waals surface area contributed by atoms with E-state index in [1.54, 1.807) is 7.11 Å². The largest absolute Gasteiger partial charge is 0.488 e. The molecule has 0 aromatic heterocycles. The maximum Gasteiger partial charge on any atom is 0.123 e. The van der Waals surface area contributed by atoms with Crippen molar-refractivity contribution in [2.24, 2.45) is 0 Å². The van der Waals surface area contributed by atoms with Crippen LogP contribution in [0.4, 0.5) is 0 Å². The van der Waals surface area contributed by atoms with E-state index in [1.807, 2.05) is 32.0 Å². The summed E-state index contributed by atoms with van der Waals surface area (Å²) in [5, 5.41) is 0. The maximum absolute atomic E-state index is 5.71. The Balaban J connectivity index is 2.70. The summed E-state index contributed by atoms with van der Waals surface area (Å²) in [5.41, 5.74) is 1.14. The van der Waals surface area contributed by atoms with Crippen LogP contribution in [-0.4, -0.2) is 19.8 Å². The predicted molar refractivity (Wildman–Crippen MR) is 60.8 cm³/mol. The monoisotopic (exact) mass is 258 g/mol. The summed E-state index contributed by atoms with van der Waals surface area (Å²) in [6, 6.07) is 6.00. The Bertz CT molecular complexity index is 299. The lowest BCUT2D eigenvalue weighted by Gasteiger charge is -2.15. The van der Waals surface area contributed by atoms with Crippen LogP contribution in [0.2, 0.25) is 0 Å². The average molecular weight is 259 g/mol. The number of aryl methyl sites for hydroxylation is 1. The molecule has 78 valence electrons. The highest BCUT2D eigenvalue weighted by molar-refractivity contribution is 9.10. The minimum absolute atomic E-state index is 0.0769. The van der Waals surface area contributed by atoms with Gasteiger partial charge in [-0.15, -0.1) is 0 Å². The molecule has 0 aliphatic rings. The van der Waals surface area contributed by atoms with E-state index < -0.39 is 0 Å². The lowest BCUT2D eigenvalue weighted by Crippen LogP contribution is -2.18. The third-order valence-corrected chi connectivity index (χ3v) is 2.37. The van der Waals surface area contributed by atoms with Gasteiger partial charge in [-0.25, -0.2) is 0 Å². The van der Waals surface area contributed by atoms with Crippen LogP contribution in [-0.2, 0) is 4.74 Å². The third kappa shape index (κ3) is 3.31. The molecule has 0 heterocycles. The Morgan fingerprint density at radius 1 is 1.43 bits per heavy atom. The third-order valence-electron chi connectivity index (χ3n) is 1.88. The first kappa shape index (κ1) is 11.5. The molecule has 3 heteroatoms. The van der Waals surface area contributed by atoms with E-state index in [0.29, 0.717) is 6.61 Å². The predicted octanol–water partition coefficient (Wildman–Crippen LogP) is 3.17. The van der Waals surface area contributed by atoms with Crippen molar-refractivity contribution in [2.45, 2.75) is 20.0 Å². The highest BCUT2D eigenvalue weighted by Crippen LogP contribution is 2.23. The number of hydrogen-bond donors (Lipinski definition) is 0. The standard InChI is InChI=1S/C11H15BrO2/c1-8-4-5-10(12)6-11(8)14-9(2)7-13-3/h4-6,9H,7H2,1-3H3. The van der Waals surface area contributed by atoms with E-state index in [0.717, 1.165) is 15.8 Å². The quantitative estimate of drug-likeness (QED) is 0.826. The van der Waals surface area contributed by atoms with Crippen LogP contribution in [0.25, 0.3) is 0 Å². The second kappa shape index (κ2) is 5.37. The summed E-state index contributed by atoms with van der Waals surface area (Å²) in [7, 11) is 1.67. The van der Waals surface area contributed by atoms with Gasteiger partial charge in [0.15, 0.2) is 0 Å². The first-order valence-corrected chi connectivity index (χ1v) is 5.34. The van der Waals surface area contributed by atoms with Crippen LogP contribution >= 0.6 is 15.9 Å². The van der Waals surface area contributed by atoms with Gasteiger partial charge in [0.1, 0.15) is 11.9 Å². The number of methoxy groups -OCH3 is 1. The Morgan fingerprint density at radius 3 is 2.79 bits per heavy atom. The van der Waals surface area contributed by atoms with Crippen molar-refractivity contribution in [3.05, 3.63) is 28.2 Å². The summed E-state index contributed by atoms with van der Waals surface area (Å²) < 4.78 is 11.8. The fourth-order valence-electron chi connectivity index (χ4n) is 1.19. The summed E-state index contributed by atoms with van der Waals surface area (Å²) in [6.07, 6.45) is 0.0769. The zero-order chi connectivity index (χ0) is 10.6. The van der Waals surface area contributed by atoms with Gasteiger partial charge in [-0.05, 0) is 31.5 Å². The Labute approximate surface area is 93.4 Å². The molecule has 0 spiro atoms. The van der Waals surface area contributed by atoms with Gasteiger partial charge >= 0.3 is 0 Å². The topological polar surface area (TPSA) is 18.5 Å². The zero-order valence-corrected chi connectivity index (χ0v) is 10.3. The van der Waals surface area contributed by atoms with Crippen molar-refractivity contribution < 1.29 is 9.47 Å². The van der Waals surface area contributed by atoms with E-state index in [1.165, 1.54) is 0 Å². The second-order valence-corrected chi connectivity index (χ2v) is 4.21. The average Bonchev–Trinajstić information content (AvgIpc) is 2.12. The molecule has 0 radical (unpaired) electrons. The second-order valence-electron chi connectivity index (χ2n) is 3.29. The molecule has 1 aromatic carbocycles. The van der Waals surface area contributed by atoms with E-state index in [9.17, 15) is 0 Å². The lowest BCUT2D eigenvalue weighted by atomic mass is 10.2. The molecule has 1 unspecified atom stereocenters. The SMILES string of the molecule is COCC(C)Oc1cc(Br)ccc1C. The van der Waals surface area contributed by atoms with Crippen LogP contribution in [0, 0.1) is 6.92 Å². The molecule has 0 amide bonds. The number of benzene rings is 1. The summed E-state index contributed by atoms with van der Waals surface area (Å²) in [4.78, 5) is 0. The van der Waals surface area contributed by atoms with E-state index in [4.69, 9.17) is 9.47 Å².